The lowest BCUT2D eigenvalue weighted by Gasteiger charge is -2.33. The Morgan fingerprint density at radius 3 is 2.65 bits per heavy atom. The van der Waals surface area contributed by atoms with E-state index in [-0.39, 0.29) is 5.91 Å². The molecule has 0 radical (unpaired) electrons. The number of carbonyl (C=O) groups excluding carboxylic acids is 1. The van der Waals surface area contributed by atoms with Crippen LogP contribution in [0, 0.1) is 5.92 Å². The fourth-order valence-corrected chi connectivity index (χ4v) is 5.84. The van der Waals surface area contributed by atoms with E-state index < -0.39 is 10.0 Å². The van der Waals surface area contributed by atoms with Crippen LogP contribution in [0.1, 0.15) is 12.8 Å². The Hall–Kier alpha value is -2.83. The lowest BCUT2D eigenvalue weighted by molar-refractivity contribution is -0.119. The zero-order chi connectivity index (χ0) is 23.7. The summed E-state index contributed by atoms with van der Waals surface area (Å²) in [6.07, 6.45) is 6.06. The highest BCUT2D eigenvalue weighted by atomic mass is 32.2. The van der Waals surface area contributed by atoms with Crippen molar-refractivity contribution in [2.24, 2.45) is 5.92 Å². The van der Waals surface area contributed by atoms with Crippen molar-refractivity contribution >= 4 is 43.3 Å². The number of nitrogens with one attached hydrogen (secondary N) is 1. The smallest absolute Gasteiger partial charge is 0.220 e. The fourth-order valence-electron chi connectivity index (χ4n) is 4.28. The Bertz CT molecular complexity index is 1290. The summed E-state index contributed by atoms with van der Waals surface area (Å²) in [6.45, 7) is 3.27. The number of piperazine rings is 1. The summed E-state index contributed by atoms with van der Waals surface area (Å²) in [4.78, 5) is 27.1. The van der Waals surface area contributed by atoms with Gasteiger partial charge in [-0.15, -0.1) is 11.3 Å². The maximum Gasteiger partial charge on any atom is 0.220 e. The quantitative estimate of drug-likeness (QED) is 0.519. The molecule has 34 heavy (non-hydrogen) atoms. The van der Waals surface area contributed by atoms with Gasteiger partial charge in [0.25, 0.3) is 0 Å². The number of ether oxygens (including phenoxy) is 1. The number of benzene rings is 1. The second kappa shape index (κ2) is 9.43. The number of hydrogen-bond donors (Lipinski definition) is 1. The number of rotatable bonds is 7. The molecule has 2 fully saturated rings. The molecule has 5 rings (SSSR count). The van der Waals surface area contributed by atoms with Gasteiger partial charge < -0.3 is 15.0 Å². The molecule has 2 aliphatic heterocycles. The SMILES string of the molecule is CS(=O)(=O)N1CCN(c2cnc(-c3cc(OCC[C@H]4CNC(=O)C4)c4scnc4c3)cn2)CC1. The van der Waals surface area contributed by atoms with Crippen molar-refractivity contribution in [3.05, 3.63) is 30.0 Å². The molecule has 0 spiro atoms. The van der Waals surface area contributed by atoms with Gasteiger partial charge >= 0.3 is 0 Å². The average Bonchev–Trinajstić information content (AvgIpc) is 3.47. The number of nitrogens with zero attached hydrogens (tertiary/aromatic N) is 5. The Morgan fingerprint density at radius 2 is 1.97 bits per heavy atom. The Morgan fingerprint density at radius 1 is 1.15 bits per heavy atom. The molecule has 1 amide bonds. The molecule has 1 atom stereocenters. The van der Waals surface area contributed by atoms with E-state index >= 15 is 0 Å². The van der Waals surface area contributed by atoms with Crippen molar-refractivity contribution in [1.82, 2.24) is 24.6 Å². The van der Waals surface area contributed by atoms with Gasteiger partial charge in [0.2, 0.25) is 15.9 Å². The van der Waals surface area contributed by atoms with E-state index in [4.69, 9.17) is 4.74 Å². The largest absolute Gasteiger partial charge is 0.492 e. The van der Waals surface area contributed by atoms with Crippen LogP contribution in [0.25, 0.3) is 21.5 Å². The van der Waals surface area contributed by atoms with E-state index in [0.717, 1.165) is 33.8 Å². The van der Waals surface area contributed by atoms with Gasteiger partial charge in [0.1, 0.15) is 11.6 Å². The van der Waals surface area contributed by atoms with E-state index in [0.29, 0.717) is 57.4 Å². The summed E-state index contributed by atoms with van der Waals surface area (Å²) in [6, 6.07) is 3.94. The topological polar surface area (TPSA) is 118 Å². The van der Waals surface area contributed by atoms with Gasteiger partial charge in [0, 0.05) is 44.7 Å². The second-order valence-corrected chi connectivity index (χ2v) is 11.4. The van der Waals surface area contributed by atoms with Crippen LogP contribution >= 0.6 is 11.3 Å². The number of aromatic nitrogens is 3. The van der Waals surface area contributed by atoms with Crippen LogP contribution < -0.4 is 15.0 Å². The van der Waals surface area contributed by atoms with Gasteiger partial charge in [-0.25, -0.2) is 18.4 Å². The Kier molecular flexibility index (Phi) is 6.36. The zero-order valence-electron chi connectivity index (χ0n) is 18.8. The summed E-state index contributed by atoms with van der Waals surface area (Å²) in [5.74, 6) is 1.90. The van der Waals surface area contributed by atoms with E-state index in [9.17, 15) is 13.2 Å². The van der Waals surface area contributed by atoms with Crippen molar-refractivity contribution in [2.75, 3.05) is 50.5 Å². The van der Waals surface area contributed by atoms with E-state index in [1.165, 1.54) is 21.9 Å². The summed E-state index contributed by atoms with van der Waals surface area (Å²) >= 11 is 1.53. The average molecular weight is 503 g/mol. The van der Waals surface area contributed by atoms with Gasteiger partial charge in [-0.05, 0) is 24.5 Å². The normalized spacial score (nSPS) is 19.5. The van der Waals surface area contributed by atoms with Gasteiger partial charge in [-0.1, -0.05) is 0 Å². The minimum atomic E-state index is -3.17. The molecule has 180 valence electrons. The minimum Gasteiger partial charge on any atom is -0.492 e. The fraction of sp³-hybridized carbons (Fsp3) is 0.455. The van der Waals surface area contributed by atoms with Crippen LogP contribution in [0.3, 0.4) is 0 Å². The summed E-state index contributed by atoms with van der Waals surface area (Å²) in [5.41, 5.74) is 4.22. The van der Waals surface area contributed by atoms with Crippen molar-refractivity contribution in [2.45, 2.75) is 12.8 Å². The lowest BCUT2D eigenvalue weighted by Crippen LogP contribution is -2.48. The minimum absolute atomic E-state index is 0.108. The van der Waals surface area contributed by atoms with Crippen molar-refractivity contribution in [3.63, 3.8) is 0 Å². The number of carbonyl (C=O) groups is 1. The third-order valence-electron chi connectivity index (χ3n) is 6.21. The molecule has 0 bridgehead atoms. The van der Waals surface area contributed by atoms with E-state index in [2.05, 4.69) is 20.3 Å². The standard InChI is InChI=1S/C22H26N6O4S2/c1-34(30,31)28-5-3-27(4-6-28)20-13-23-18(12-24-20)16-9-17-22(33-14-26-17)19(10-16)32-7-2-15-8-21(29)25-11-15/h9-10,12-15H,2-8,11H2,1H3,(H,25,29)/t15-/m1/s1. The Labute approximate surface area is 202 Å². The number of amides is 1. The number of anilines is 1. The molecular weight excluding hydrogens is 476 g/mol. The first-order chi connectivity index (χ1) is 16.4. The van der Waals surface area contributed by atoms with Crippen LogP contribution in [0.2, 0.25) is 0 Å². The molecule has 0 saturated carbocycles. The first-order valence-corrected chi connectivity index (χ1v) is 13.9. The molecule has 0 aliphatic carbocycles. The van der Waals surface area contributed by atoms with Gasteiger partial charge in [0.15, 0.2) is 0 Å². The third-order valence-corrected chi connectivity index (χ3v) is 8.37. The van der Waals surface area contributed by atoms with Gasteiger partial charge in [-0.3, -0.25) is 9.78 Å². The first-order valence-electron chi connectivity index (χ1n) is 11.2. The highest BCUT2D eigenvalue weighted by molar-refractivity contribution is 7.88. The molecule has 1 N–H and O–H groups in total. The third kappa shape index (κ3) is 4.98. The molecule has 10 nitrogen and oxygen atoms in total. The summed E-state index contributed by atoms with van der Waals surface area (Å²) in [5, 5.41) is 2.86. The highest BCUT2D eigenvalue weighted by Gasteiger charge is 2.24. The number of hydrogen-bond acceptors (Lipinski definition) is 9. The van der Waals surface area contributed by atoms with Crippen LogP contribution in [0.15, 0.2) is 30.0 Å². The Balaban J connectivity index is 1.29. The van der Waals surface area contributed by atoms with Crippen LogP contribution in [0.5, 0.6) is 5.75 Å². The van der Waals surface area contributed by atoms with Crippen LogP contribution in [-0.4, -0.2) is 79.2 Å². The molecule has 2 aliphatic rings. The van der Waals surface area contributed by atoms with E-state index in [1.54, 1.807) is 17.9 Å². The number of thiazole rings is 1. The number of sulfonamides is 1. The van der Waals surface area contributed by atoms with Gasteiger partial charge in [-0.2, -0.15) is 4.31 Å². The predicted molar refractivity (Wildman–Crippen MR) is 131 cm³/mol. The molecule has 1 aromatic carbocycles. The summed E-state index contributed by atoms with van der Waals surface area (Å²) < 4.78 is 32.0. The maximum atomic E-state index is 11.7. The van der Waals surface area contributed by atoms with Crippen LogP contribution in [-0.2, 0) is 14.8 Å². The predicted octanol–water partition coefficient (Wildman–Crippen LogP) is 1.74. The van der Waals surface area contributed by atoms with Crippen LogP contribution in [0.4, 0.5) is 5.82 Å². The monoisotopic (exact) mass is 502 g/mol. The molecule has 2 saturated heterocycles. The highest BCUT2D eigenvalue weighted by Crippen LogP contribution is 2.34. The molecule has 4 heterocycles. The van der Waals surface area contributed by atoms with Gasteiger partial charge in [0.05, 0.1) is 46.7 Å². The molecule has 0 unspecified atom stereocenters. The van der Waals surface area contributed by atoms with Crippen molar-refractivity contribution < 1.29 is 17.9 Å². The molecular formula is C22H26N6O4S2. The number of fused-ring (bicyclic) bond motifs is 1. The second-order valence-electron chi connectivity index (χ2n) is 8.60. The molecule has 2 aromatic heterocycles. The maximum absolute atomic E-state index is 11.7. The molecule has 3 aromatic rings. The lowest BCUT2D eigenvalue weighted by atomic mass is 10.1. The van der Waals surface area contributed by atoms with Crippen molar-refractivity contribution in [3.8, 4) is 17.0 Å². The molecule has 12 heteroatoms. The van der Waals surface area contributed by atoms with E-state index in [1.807, 2.05) is 17.0 Å². The van der Waals surface area contributed by atoms with Crippen molar-refractivity contribution in [1.29, 1.82) is 0 Å². The first kappa shape index (κ1) is 22.9. The summed E-state index contributed by atoms with van der Waals surface area (Å²) in [7, 11) is -3.17. The zero-order valence-corrected chi connectivity index (χ0v) is 20.4.